The summed E-state index contributed by atoms with van der Waals surface area (Å²) in [6.07, 6.45) is 3.70. The Labute approximate surface area is 216 Å². The number of anilines is 1. The Kier molecular flexibility index (Phi) is 6.43. The zero-order valence-electron chi connectivity index (χ0n) is 20.1. The Bertz CT molecular complexity index is 1670. The molecule has 0 bridgehead atoms. The third-order valence-electron chi connectivity index (χ3n) is 6.19. The smallest absolute Gasteiger partial charge is 0.272 e. The van der Waals surface area contributed by atoms with Crippen molar-refractivity contribution in [2.75, 3.05) is 19.0 Å². The molecule has 3 heterocycles. The van der Waals surface area contributed by atoms with Crippen molar-refractivity contribution in [1.29, 1.82) is 0 Å². The zero-order valence-corrected chi connectivity index (χ0v) is 20.9. The number of hydrogen-bond donors (Lipinski definition) is 2. The summed E-state index contributed by atoms with van der Waals surface area (Å²) < 4.78 is 8.16. The number of pyridine rings is 1. The molecule has 0 aliphatic rings. The Morgan fingerprint density at radius 1 is 1.19 bits per heavy atom. The first-order chi connectivity index (χ1) is 17.9. The summed E-state index contributed by atoms with van der Waals surface area (Å²) >= 11 is 1.38. The molecular formula is C27H23N5O4S. The van der Waals surface area contributed by atoms with Crippen LogP contribution < -0.4 is 15.9 Å². The van der Waals surface area contributed by atoms with Gasteiger partial charge in [0.2, 0.25) is 0 Å². The van der Waals surface area contributed by atoms with E-state index in [1.54, 1.807) is 19.4 Å². The monoisotopic (exact) mass is 513 g/mol. The fourth-order valence-electron chi connectivity index (χ4n) is 4.30. The summed E-state index contributed by atoms with van der Waals surface area (Å²) in [6.45, 7) is -0.212. The number of rotatable bonds is 7. The lowest BCUT2D eigenvalue weighted by atomic mass is 10.0. The van der Waals surface area contributed by atoms with Gasteiger partial charge < -0.3 is 19.4 Å². The van der Waals surface area contributed by atoms with Gasteiger partial charge in [-0.2, -0.15) is 0 Å². The number of amides is 2. The van der Waals surface area contributed by atoms with Crippen LogP contribution in [0.3, 0.4) is 0 Å². The van der Waals surface area contributed by atoms with Gasteiger partial charge in [0.1, 0.15) is 17.7 Å². The standard InChI is InChI=1S/C27H23N5O4S/c1-31-22-6-4-3-5-17(22)11-23(31)26(34)30-21-8-7-16(12-24(21)36-2)20-15-37-25-18(20)13-29-14-19(25)27(35)32(28)9-10-33/h3-8,10-15H,9,28H2,1-2H3,(H,30,34). The van der Waals surface area contributed by atoms with E-state index in [-0.39, 0.29) is 12.5 Å². The molecule has 0 saturated heterocycles. The minimum Gasteiger partial charge on any atom is -0.495 e. The van der Waals surface area contributed by atoms with Crippen LogP contribution in [0.25, 0.3) is 32.1 Å². The van der Waals surface area contributed by atoms with Crippen molar-refractivity contribution in [3.05, 3.63) is 77.6 Å². The molecule has 0 spiro atoms. The summed E-state index contributed by atoms with van der Waals surface area (Å²) in [5, 5.41) is 7.49. The van der Waals surface area contributed by atoms with Crippen molar-refractivity contribution in [2.24, 2.45) is 12.9 Å². The lowest BCUT2D eigenvalue weighted by Gasteiger charge is -2.14. The number of fused-ring (bicyclic) bond motifs is 2. The van der Waals surface area contributed by atoms with Crippen LogP contribution in [0, 0.1) is 0 Å². The Morgan fingerprint density at radius 2 is 2.00 bits per heavy atom. The second-order valence-corrected chi connectivity index (χ2v) is 9.23. The van der Waals surface area contributed by atoms with Gasteiger partial charge in [-0.05, 0) is 35.2 Å². The highest BCUT2D eigenvalue weighted by Crippen LogP contribution is 2.38. The van der Waals surface area contributed by atoms with E-state index in [0.29, 0.717) is 33.7 Å². The molecule has 0 unspecified atom stereocenters. The number of ether oxygens (including phenoxy) is 1. The molecule has 5 aromatic rings. The number of nitrogens with two attached hydrogens (primary N) is 1. The highest BCUT2D eigenvalue weighted by Gasteiger charge is 2.20. The maximum absolute atomic E-state index is 13.1. The number of aryl methyl sites for hydroxylation is 1. The molecule has 3 N–H and O–H groups in total. The number of thiophene rings is 1. The molecule has 0 fully saturated rings. The minimum atomic E-state index is -0.484. The highest BCUT2D eigenvalue weighted by atomic mass is 32.1. The third kappa shape index (κ3) is 4.32. The van der Waals surface area contributed by atoms with Crippen LogP contribution in [0.2, 0.25) is 0 Å². The van der Waals surface area contributed by atoms with Crippen LogP contribution in [0.1, 0.15) is 20.8 Å². The summed E-state index contributed by atoms with van der Waals surface area (Å²) in [7, 11) is 3.40. The predicted molar refractivity (Wildman–Crippen MR) is 144 cm³/mol. The van der Waals surface area contributed by atoms with Gasteiger partial charge in [-0.1, -0.05) is 24.3 Å². The number of aromatic nitrogens is 2. The van der Waals surface area contributed by atoms with Crippen molar-refractivity contribution < 1.29 is 19.1 Å². The van der Waals surface area contributed by atoms with Gasteiger partial charge >= 0.3 is 0 Å². The second-order valence-electron chi connectivity index (χ2n) is 8.35. The number of nitrogens with zero attached hydrogens (tertiary/aromatic N) is 3. The van der Waals surface area contributed by atoms with Gasteiger partial charge in [0, 0.05) is 41.3 Å². The van der Waals surface area contributed by atoms with Crippen LogP contribution in [-0.4, -0.2) is 46.3 Å². The van der Waals surface area contributed by atoms with E-state index in [9.17, 15) is 14.4 Å². The van der Waals surface area contributed by atoms with Crippen molar-refractivity contribution in [3.8, 4) is 16.9 Å². The average Bonchev–Trinajstić information content (AvgIpc) is 3.50. The number of hydrogen-bond acceptors (Lipinski definition) is 7. The first-order valence-corrected chi connectivity index (χ1v) is 12.2. The lowest BCUT2D eigenvalue weighted by Crippen LogP contribution is -2.38. The van der Waals surface area contributed by atoms with Gasteiger partial charge in [0.25, 0.3) is 11.8 Å². The van der Waals surface area contributed by atoms with E-state index >= 15 is 0 Å². The topological polar surface area (TPSA) is 120 Å². The van der Waals surface area contributed by atoms with E-state index in [2.05, 4.69) is 10.3 Å². The number of benzene rings is 2. The molecule has 0 atom stereocenters. The summed E-state index contributed by atoms with van der Waals surface area (Å²) in [5.41, 5.74) is 4.03. The summed E-state index contributed by atoms with van der Waals surface area (Å²) in [6, 6.07) is 15.1. The van der Waals surface area contributed by atoms with Crippen molar-refractivity contribution >= 4 is 56.1 Å². The van der Waals surface area contributed by atoms with Crippen LogP contribution in [0.4, 0.5) is 5.69 Å². The fraction of sp³-hybridized carbons (Fsp3) is 0.111. The first kappa shape index (κ1) is 24.2. The van der Waals surface area contributed by atoms with Gasteiger partial charge in [0.15, 0.2) is 0 Å². The third-order valence-corrected chi connectivity index (χ3v) is 7.22. The first-order valence-electron chi connectivity index (χ1n) is 11.3. The van der Waals surface area contributed by atoms with Gasteiger partial charge in [-0.3, -0.25) is 19.6 Å². The normalized spacial score (nSPS) is 11.0. The molecule has 2 amide bonds. The molecule has 0 aliphatic heterocycles. The number of nitrogens with one attached hydrogen (secondary N) is 1. The fourth-order valence-corrected chi connectivity index (χ4v) is 5.35. The minimum absolute atomic E-state index is 0.212. The van der Waals surface area contributed by atoms with E-state index in [1.165, 1.54) is 17.5 Å². The van der Waals surface area contributed by atoms with Crippen molar-refractivity contribution in [2.45, 2.75) is 0 Å². The molecule has 10 heteroatoms. The zero-order chi connectivity index (χ0) is 26.1. The molecular weight excluding hydrogens is 490 g/mol. The summed E-state index contributed by atoms with van der Waals surface area (Å²) in [5.74, 6) is 5.47. The van der Waals surface area contributed by atoms with E-state index < -0.39 is 5.91 Å². The Balaban J connectivity index is 1.47. The molecule has 0 saturated carbocycles. The van der Waals surface area contributed by atoms with E-state index in [4.69, 9.17) is 10.6 Å². The maximum Gasteiger partial charge on any atom is 0.272 e. The molecule has 0 aliphatic carbocycles. The number of aldehydes is 1. The van der Waals surface area contributed by atoms with E-state index in [1.807, 2.05) is 59.5 Å². The largest absolute Gasteiger partial charge is 0.495 e. The van der Waals surface area contributed by atoms with Crippen molar-refractivity contribution in [1.82, 2.24) is 14.6 Å². The maximum atomic E-state index is 13.1. The van der Waals surface area contributed by atoms with Crippen LogP contribution >= 0.6 is 11.3 Å². The number of methoxy groups -OCH3 is 1. The quantitative estimate of drug-likeness (QED) is 0.145. The van der Waals surface area contributed by atoms with Crippen LogP contribution in [-0.2, 0) is 11.8 Å². The van der Waals surface area contributed by atoms with E-state index in [0.717, 1.165) is 32.4 Å². The molecule has 5 rings (SSSR count). The molecule has 2 aromatic carbocycles. The van der Waals surface area contributed by atoms with Gasteiger partial charge in [-0.15, -0.1) is 11.3 Å². The molecule has 0 radical (unpaired) electrons. The molecule has 37 heavy (non-hydrogen) atoms. The number of para-hydroxylation sites is 1. The molecule has 3 aromatic heterocycles. The Morgan fingerprint density at radius 3 is 2.76 bits per heavy atom. The van der Waals surface area contributed by atoms with Crippen molar-refractivity contribution in [3.63, 3.8) is 0 Å². The number of hydrazine groups is 1. The van der Waals surface area contributed by atoms with Crippen LogP contribution in [0.5, 0.6) is 5.75 Å². The SMILES string of the molecule is COc1cc(-c2csc3c(C(=O)N(N)CC=O)cncc23)ccc1NC(=O)c1cc2ccccc2n1C. The van der Waals surface area contributed by atoms with Gasteiger partial charge in [-0.25, -0.2) is 5.84 Å². The number of carbonyl (C=O) groups excluding carboxylic acids is 3. The van der Waals surface area contributed by atoms with Crippen LogP contribution in [0.15, 0.2) is 66.3 Å². The second kappa shape index (κ2) is 9.84. The Hall–Kier alpha value is -4.54. The number of carbonyl (C=O) groups is 3. The highest BCUT2D eigenvalue weighted by molar-refractivity contribution is 7.18. The lowest BCUT2D eigenvalue weighted by molar-refractivity contribution is -0.108. The molecule has 9 nitrogen and oxygen atoms in total. The predicted octanol–water partition coefficient (Wildman–Crippen LogP) is 4.23. The average molecular weight is 514 g/mol. The summed E-state index contributed by atoms with van der Waals surface area (Å²) in [4.78, 5) is 40.8. The van der Waals surface area contributed by atoms with Gasteiger partial charge in [0.05, 0.1) is 29.6 Å². The molecule has 186 valence electrons.